The van der Waals surface area contributed by atoms with E-state index in [9.17, 15) is 0 Å². The Hall–Kier alpha value is -6.96. The van der Waals surface area contributed by atoms with Crippen LogP contribution in [0.5, 0.6) is 0 Å². The molecule has 1 aromatic heterocycles. The van der Waals surface area contributed by atoms with Gasteiger partial charge in [0, 0.05) is 10.8 Å². The van der Waals surface area contributed by atoms with Crippen LogP contribution in [0.4, 0.5) is 0 Å². The van der Waals surface area contributed by atoms with Gasteiger partial charge in [-0.2, -0.15) is 0 Å². The van der Waals surface area contributed by atoms with Gasteiger partial charge in [0.2, 0.25) is 0 Å². The predicted octanol–water partition coefficient (Wildman–Crippen LogP) is 15.0. The topological polar surface area (TPSA) is 13.1 Å². The molecule has 0 aliphatic carbocycles. The minimum atomic E-state index is 0.903. The van der Waals surface area contributed by atoms with Gasteiger partial charge in [0.1, 0.15) is 11.2 Å². The molecule has 1 heteroatoms. The summed E-state index contributed by atoms with van der Waals surface area (Å²) in [7, 11) is 0. The zero-order valence-electron chi connectivity index (χ0n) is 28.7. The van der Waals surface area contributed by atoms with Crippen molar-refractivity contribution < 1.29 is 4.42 Å². The normalized spacial score (nSPS) is 12.2. The van der Waals surface area contributed by atoms with Crippen molar-refractivity contribution in [3.05, 3.63) is 182 Å². The second kappa shape index (κ2) is 10.8. The van der Waals surface area contributed by atoms with Crippen molar-refractivity contribution in [2.45, 2.75) is 0 Å². The lowest BCUT2D eigenvalue weighted by Gasteiger charge is -2.18. The fraction of sp³-hybridized carbons (Fsp3) is 0. The molecule has 0 saturated heterocycles. The molecule has 0 bridgehead atoms. The molecular weight excluding hydrogens is 641 g/mol. The summed E-state index contributed by atoms with van der Waals surface area (Å²) < 4.78 is 6.77. The fourth-order valence-corrected chi connectivity index (χ4v) is 9.25. The Bertz CT molecular complexity index is 3450. The van der Waals surface area contributed by atoms with Crippen molar-refractivity contribution in [3.8, 4) is 22.3 Å². The highest BCUT2D eigenvalue weighted by Crippen LogP contribution is 2.46. The van der Waals surface area contributed by atoms with Gasteiger partial charge in [-0.15, -0.1) is 0 Å². The Balaban J connectivity index is 1.10. The van der Waals surface area contributed by atoms with E-state index in [1.807, 2.05) is 0 Å². The van der Waals surface area contributed by atoms with Crippen LogP contribution >= 0.6 is 0 Å². The molecule has 12 aromatic rings. The zero-order valence-corrected chi connectivity index (χ0v) is 28.7. The summed E-state index contributed by atoms with van der Waals surface area (Å²) in [5.41, 5.74) is 6.70. The van der Waals surface area contributed by atoms with Gasteiger partial charge in [0.25, 0.3) is 0 Å². The zero-order chi connectivity index (χ0) is 34.6. The molecule has 0 aliphatic heterocycles. The Morgan fingerprint density at radius 1 is 0.226 bits per heavy atom. The second-order valence-corrected chi connectivity index (χ2v) is 14.4. The van der Waals surface area contributed by atoms with Crippen LogP contribution in [0.1, 0.15) is 0 Å². The molecule has 1 heterocycles. The van der Waals surface area contributed by atoms with E-state index in [0.717, 1.165) is 27.5 Å². The van der Waals surface area contributed by atoms with Gasteiger partial charge >= 0.3 is 0 Å². The van der Waals surface area contributed by atoms with E-state index in [1.165, 1.54) is 92.1 Å². The van der Waals surface area contributed by atoms with Crippen molar-refractivity contribution in [1.29, 1.82) is 0 Å². The molecule has 0 fully saturated rings. The number of hydrogen-bond donors (Lipinski definition) is 0. The van der Waals surface area contributed by atoms with Gasteiger partial charge in [-0.05, 0) is 128 Å². The van der Waals surface area contributed by atoms with Crippen molar-refractivity contribution in [2.24, 2.45) is 0 Å². The van der Waals surface area contributed by atoms with E-state index in [0.29, 0.717) is 0 Å². The summed E-state index contributed by atoms with van der Waals surface area (Å²) in [5.74, 6) is 0. The smallest absolute Gasteiger partial charge is 0.136 e. The first-order chi connectivity index (χ1) is 26.3. The molecule has 0 unspecified atom stereocenters. The third-order valence-electron chi connectivity index (χ3n) is 11.6. The molecule has 1 nitrogen and oxygen atoms in total. The van der Waals surface area contributed by atoms with E-state index in [1.54, 1.807) is 0 Å². The van der Waals surface area contributed by atoms with Crippen LogP contribution in [0.2, 0.25) is 0 Å². The van der Waals surface area contributed by atoms with E-state index >= 15 is 0 Å². The summed E-state index contributed by atoms with van der Waals surface area (Å²) in [5, 5.41) is 19.9. The molecule has 12 rings (SSSR count). The van der Waals surface area contributed by atoms with E-state index in [-0.39, 0.29) is 0 Å². The maximum Gasteiger partial charge on any atom is 0.136 e. The minimum absolute atomic E-state index is 0.903. The van der Waals surface area contributed by atoms with Crippen molar-refractivity contribution in [2.75, 3.05) is 0 Å². The molecule has 0 aliphatic rings. The first kappa shape index (κ1) is 28.7. The SMILES string of the molecule is c1ccc2c(c1)ccc1cc(-c3c4ccccc4c(-c4ccc5c(c4)oc4cc6c7ccccc7c7ccccc7c6cc45)c4ccccc34)ccc12. The van der Waals surface area contributed by atoms with Crippen LogP contribution in [0.25, 0.3) is 120 Å². The highest BCUT2D eigenvalue weighted by Gasteiger charge is 2.19. The summed E-state index contributed by atoms with van der Waals surface area (Å²) in [6.45, 7) is 0. The molecule has 11 aromatic carbocycles. The summed E-state index contributed by atoms with van der Waals surface area (Å²) >= 11 is 0. The Labute approximate surface area is 304 Å². The standard InChI is InChI=1S/C52H30O/c1-2-12-35-31(11-1)21-22-32-27-33(23-25-36(32)35)51-42-17-7-9-19-44(42)52(45-20-10-8-18-43(45)51)34-24-26-41-48-29-46-39-15-5-3-13-37(39)38-14-4-6-16-40(38)47(46)30-50(48)53-49(41)28-34/h1-30H. The lowest BCUT2D eigenvalue weighted by molar-refractivity contribution is 0.669. The van der Waals surface area contributed by atoms with Crippen LogP contribution in [-0.2, 0) is 0 Å². The monoisotopic (exact) mass is 670 g/mol. The lowest BCUT2D eigenvalue weighted by Crippen LogP contribution is -1.91. The molecule has 0 N–H and O–H groups in total. The molecule has 0 amide bonds. The summed E-state index contributed by atoms with van der Waals surface area (Å²) in [4.78, 5) is 0. The number of rotatable bonds is 2. The average molecular weight is 671 g/mol. The highest BCUT2D eigenvalue weighted by atomic mass is 16.3. The number of fused-ring (bicyclic) bond motifs is 14. The molecule has 0 spiro atoms. The first-order valence-corrected chi connectivity index (χ1v) is 18.3. The number of benzene rings is 11. The highest BCUT2D eigenvalue weighted by molar-refractivity contribution is 6.29. The van der Waals surface area contributed by atoms with Crippen LogP contribution < -0.4 is 0 Å². The quantitative estimate of drug-likeness (QED) is 0.132. The Morgan fingerprint density at radius 2 is 0.642 bits per heavy atom. The van der Waals surface area contributed by atoms with Crippen molar-refractivity contribution in [3.63, 3.8) is 0 Å². The Kier molecular flexibility index (Phi) is 5.84. The van der Waals surface area contributed by atoms with Gasteiger partial charge in [0.05, 0.1) is 0 Å². The van der Waals surface area contributed by atoms with E-state index in [2.05, 4.69) is 182 Å². The van der Waals surface area contributed by atoms with Gasteiger partial charge in [0.15, 0.2) is 0 Å². The first-order valence-electron chi connectivity index (χ1n) is 18.3. The minimum Gasteiger partial charge on any atom is -0.456 e. The fourth-order valence-electron chi connectivity index (χ4n) is 9.25. The van der Waals surface area contributed by atoms with Crippen LogP contribution in [-0.4, -0.2) is 0 Å². The second-order valence-electron chi connectivity index (χ2n) is 14.4. The molecule has 0 atom stereocenters. The van der Waals surface area contributed by atoms with Gasteiger partial charge in [-0.25, -0.2) is 0 Å². The van der Waals surface area contributed by atoms with Crippen LogP contribution in [0.15, 0.2) is 186 Å². The molecule has 0 saturated carbocycles. The Morgan fingerprint density at radius 3 is 1.25 bits per heavy atom. The number of furan rings is 1. The van der Waals surface area contributed by atoms with Crippen LogP contribution in [0.3, 0.4) is 0 Å². The summed E-state index contributed by atoms with van der Waals surface area (Å²) in [6.07, 6.45) is 0. The van der Waals surface area contributed by atoms with E-state index < -0.39 is 0 Å². The molecule has 0 radical (unpaired) electrons. The molecular formula is C52H30O. The number of hydrogen-bond acceptors (Lipinski definition) is 1. The molecule has 53 heavy (non-hydrogen) atoms. The van der Waals surface area contributed by atoms with Gasteiger partial charge in [-0.3, -0.25) is 0 Å². The maximum absolute atomic E-state index is 6.77. The molecule has 244 valence electrons. The van der Waals surface area contributed by atoms with E-state index in [4.69, 9.17) is 4.42 Å². The van der Waals surface area contributed by atoms with Gasteiger partial charge < -0.3 is 4.42 Å². The largest absolute Gasteiger partial charge is 0.456 e. The third kappa shape index (κ3) is 4.08. The third-order valence-corrected chi connectivity index (χ3v) is 11.6. The average Bonchev–Trinajstić information content (AvgIpc) is 3.58. The maximum atomic E-state index is 6.77. The van der Waals surface area contributed by atoms with Crippen molar-refractivity contribution in [1.82, 2.24) is 0 Å². The lowest BCUT2D eigenvalue weighted by atomic mass is 9.85. The van der Waals surface area contributed by atoms with Crippen molar-refractivity contribution >= 4 is 97.3 Å². The predicted molar refractivity (Wildman–Crippen MR) is 227 cm³/mol. The summed E-state index contributed by atoms with van der Waals surface area (Å²) in [6, 6.07) is 66.8. The van der Waals surface area contributed by atoms with Crippen LogP contribution in [0, 0.1) is 0 Å². The van der Waals surface area contributed by atoms with Gasteiger partial charge in [-0.1, -0.05) is 152 Å².